The molecular weight excluding hydrogens is 178 g/mol. The van der Waals surface area contributed by atoms with Crippen molar-refractivity contribution in [1.82, 2.24) is 0 Å². The number of aliphatic hydroxyl groups excluding tert-OH is 2. The van der Waals surface area contributed by atoms with Crippen molar-refractivity contribution in [3.8, 4) is 0 Å². The number of aliphatic hydroxyl groups is 2. The Hall–Kier alpha value is -0.900. The number of hydrogen-bond donors (Lipinski definition) is 3. The van der Waals surface area contributed by atoms with Gasteiger partial charge in [-0.3, -0.25) is 0 Å². The fourth-order valence-electron chi connectivity index (χ4n) is 1.31. The van der Waals surface area contributed by atoms with Crippen molar-refractivity contribution < 1.29 is 15.5 Å². The van der Waals surface area contributed by atoms with E-state index in [9.17, 15) is 5.11 Å². The van der Waals surface area contributed by atoms with Gasteiger partial charge in [-0.15, -0.1) is 0 Å². The lowest BCUT2D eigenvalue weighted by Gasteiger charge is -2.10. The van der Waals surface area contributed by atoms with E-state index in [4.69, 9.17) is 5.11 Å². The minimum atomic E-state index is -0.449. The van der Waals surface area contributed by atoms with E-state index in [-0.39, 0.29) is 6.10 Å². The fraction of sp³-hybridized carbons (Fsp3) is 0.455. The summed E-state index contributed by atoms with van der Waals surface area (Å²) in [6, 6.07) is 9.55. The Bertz CT molecular complexity index is 249. The minimum Gasteiger partial charge on any atom is -0.388 e. The highest BCUT2D eigenvalue weighted by Gasteiger charge is 2.08. The minimum absolute atomic E-state index is 0.321. The van der Waals surface area contributed by atoms with Crippen LogP contribution >= 0.6 is 0 Å². The molecule has 0 unspecified atom stereocenters. The molecule has 0 saturated heterocycles. The first-order valence-corrected chi connectivity index (χ1v) is 4.93. The highest BCUT2D eigenvalue weighted by atomic mass is 16.3. The predicted octanol–water partition coefficient (Wildman–Crippen LogP) is -0.336. The number of nitrogens with two attached hydrogens (primary N) is 1. The molecule has 0 aliphatic rings. The summed E-state index contributed by atoms with van der Waals surface area (Å²) in [5, 5.41) is 20.7. The molecule has 2 atom stereocenters. The summed E-state index contributed by atoms with van der Waals surface area (Å²) >= 11 is 0. The Kier molecular flexibility index (Phi) is 4.59. The summed E-state index contributed by atoms with van der Waals surface area (Å²) in [7, 11) is 0. The van der Waals surface area contributed by atoms with Gasteiger partial charge in [0.05, 0.1) is 6.10 Å². The van der Waals surface area contributed by atoms with Crippen LogP contribution in [-0.2, 0) is 0 Å². The average molecular weight is 196 g/mol. The molecule has 3 nitrogen and oxygen atoms in total. The van der Waals surface area contributed by atoms with Gasteiger partial charge in [-0.2, -0.15) is 0 Å². The van der Waals surface area contributed by atoms with Crippen LogP contribution in [0.4, 0.5) is 0 Å². The van der Waals surface area contributed by atoms with Crippen molar-refractivity contribution in [2.24, 2.45) is 0 Å². The molecule has 0 saturated carbocycles. The van der Waals surface area contributed by atoms with Crippen LogP contribution in [0.3, 0.4) is 0 Å². The average Bonchev–Trinajstić information content (AvgIpc) is 2.18. The molecule has 3 heteroatoms. The Morgan fingerprint density at radius 3 is 2.36 bits per heavy atom. The molecule has 0 spiro atoms. The molecule has 78 valence electrons. The molecule has 1 aromatic rings. The third-order valence-corrected chi connectivity index (χ3v) is 2.08. The molecular formula is C11H18NO2+. The van der Waals surface area contributed by atoms with E-state index in [2.05, 4.69) is 0 Å². The SMILES string of the molecule is C[C@H](O)C[NH2+]C[C@H](O)c1ccccc1. The maximum absolute atomic E-state index is 9.72. The molecule has 0 aliphatic heterocycles. The van der Waals surface area contributed by atoms with E-state index in [1.165, 1.54) is 0 Å². The van der Waals surface area contributed by atoms with Gasteiger partial charge in [0, 0.05) is 0 Å². The Balaban J connectivity index is 2.32. The molecule has 0 heterocycles. The Labute approximate surface area is 84.4 Å². The molecule has 0 aromatic heterocycles. The van der Waals surface area contributed by atoms with Gasteiger partial charge >= 0.3 is 0 Å². The third kappa shape index (κ3) is 3.87. The van der Waals surface area contributed by atoms with E-state index < -0.39 is 6.10 Å². The summed E-state index contributed by atoms with van der Waals surface area (Å²) in [6.45, 7) is 2.96. The summed E-state index contributed by atoms with van der Waals surface area (Å²) in [5.41, 5.74) is 0.925. The molecule has 0 radical (unpaired) electrons. The van der Waals surface area contributed by atoms with Gasteiger partial charge in [0.15, 0.2) is 0 Å². The zero-order valence-corrected chi connectivity index (χ0v) is 8.43. The summed E-state index contributed by atoms with van der Waals surface area (Å²) in [5.74, 6) is 0. The van der Waals surface area contributed by atoms with Crippen molar-refractivity contribution in [3.05, 3.63) is 35.9 Å². The monoisotopic (exact) mass is 196 g/mol. The van der Waals surface area contributed by atoms with Crippen molar-refractivity contribution in [2.75, 3.05) is 13.1 Å². The number of benzene rings is 1. The predicted molar refractivity (Wildman–Crippen MR) is 54.7 cm³/mol. The second-order valence-corrected chi connectivity index (χ2v) is 3.54. The van der Waals surface area contributed by atoms with Crippen molar-refractivity contribution in [1.29, 1.82) is 0 Å². The quantitative estimate of drug-likeness (QED) is 0.603. The molecule has 4 N–H and O–H groups in total. The van der Waals surface area contributed by atoms with Crippen LogP contribution in [0.2, 0.25) is 0 Å². The zero-order chi connectivity index (χ0) is 10.4. The Morgan fingerprint density at radius 2 is 1.79 bits per heavy atom. The van der Waals surface area contributed by atoms with Crippen LogP contribution in [-0.4, -0.2) is 29.4 Å². The second-order valence-electron chi connectivity index (χ2n) is 3.54. The molecule has 0 aliphatic carbocycles. The smallest absolute Gasteiger partial charge is 0.128 e. The maximum atomic E-state index is 9.72. The van der Waals surface area contributed by atoms with Crippen molar-refractivity contribution >= 4 is 0 Å². The molecule has 0 bridgehead atoms. The first-order chi connectivity index (χ1) is 6.70. The third-order valence-electron chi connectivity index (χ3n) is 2.08. The molecule has 14 heavy (non-hydrogen) atoms. The van der Waals surface area contributed by atoms with Gasteiger partial charge in [-0.1, -0.05) is 30.3 Å². The van der Waals surface area contributed by atoms with Gasteiger partial charge in [-0.05, 0) is 12.5 Å². The van der Waals surface area contributed by atoms with Crippen molar-refractivity contribution in [2.45, 2.75) is 19.1 Å². The van der Waals surface area contributed by atoms with Crippen molar-refractivity contribution in [3.63, 3.8) is 0 Å². The lowest BCUT2D eigenvalue weighted by molar-refractivity contribution is -0.667. The van der Waals surface area contributed by atoms with E-state index >= 15 is 0 Å². The Morgan fingerprint density at radius 1 is 1.14 bits per heavy atom. The summed E-state index contributed by atoms with van der Waals surface area (Å²) in [4.78, 5) is 0. The molecule has 1 aromatic carbocycles. The lowest BCUT2D eigenvalue weighted by atomic mass is 10.1. The van der Waals surface area contributed by atoms with E-state index in [0.29, 0.717) is 13.1 Å². The number of rotatable bonds is 5. The number of hydrogen-bond acceptors (Lipinski definition) is 2. The van der Waals surface area contributed by atoms with Gasteiger partial charge in [0.2, 0.25) is 0 Å². The standard InChI is InChI=1S/C11H17NO2/c1-9(13)7-12-8-11(14)10-5-3-2-4-6-10/h2-6,9,11-14H,7-8H2,1H3/p+1/t9-,11-/m0/s1. The normalized spacial score (nSPS) is 15.1. The topological polar surface area (TPSA) is 57.1 Å². The van der Waals surface area contributed by atoms with Crippen LogP contribution in [0.25, 0.3) is 0 Å². The maximum Gasteiger partial charge on any atom is 0.128 e. The van der Waals surface area contributed by atoms with Crippen LogP contribution in [0, 0.1) is 0 Å². The highest BCUT2D eigenvalue weighted by Crippen LogP contribution is 2.08. The molecule has 0 amide bonds. The lowest BCUT2D eigenvalue weighted by Crippen LogP contribution is -2.87. The van der Waals surface area contributed by atoms with Gasteiger partial charge in [0.1, 0.15) is 19.2 Å². The van der Waals surface area contributed by atoms with Gasteiger partial charge < -0.3 is 15.5 Å². The van der Waals surface area contributed by atoms with Crippen LogP contribution < -0.4 is 5.32 Å². The second kappa shape index (κ2) is 5.75. The van der Waals surface area contributed by atoms with E-state index in [1.54, 1.807) is 6.92 Å². The van der Waals surface area contributed by atoms with Crippen LogP contribution in [0.15, 0.2) is 30.3 Å². The first kappa shape index (κ1) is 11.2. The highest BCUT2D eigenvalue weighted by molar-refractivity contribution is 5.16. The number of quaternary nitrogens is 1. The van der Waals surface area contributed by atoms with E-state index in [1.807, 2.05) is 35.6 Å². The molecule has 1 rings (SSSR count). The zero-order valence-electron chi connectivity index (χ0n) is 8.43. The van der Waals surface area contributed by atoms with Crippen LogP contribution in [0.1, 0.15) is 18.6 Å². The first-order valence-electron chi connectivity index (χ1n) is 4.93. The van der Waals surface area contributed by atoms with Crippen LogP contribution in [0.5, 0.6) is 0 Å². The fourth-order valence-corrected chi connectivity index (χ4v) is 1.31. The van der Waals surface area contributed by atoms with Gasteiger partial charge in [-0.25, -0.2) is 0 Å². The molecule has 0 fully saturated rings. The largest absolute Gasteiger partial charge is 0.388 e. The van der Waals surface area contributed by atoms with E-state index in [0.717, 1.165) is 5.56 Å². The van der Waals surface area contributed by atoms with Gasteiger partial charge in [0.25, 0.3) is 0 Å². The summed E-state index contributed by atoms with van der Waals surface area (Å²) < 4.78 is 0. The summed E-state index contributed by atoms with van der Waals surface area (Å²) in [6.07, 6.45) is -0.770.